The molecule has 0 fully saturated rings. The van der Waals surface area contributed by atoms with Crippen LogP contribution >= 0.6 is 0 Å². The van der Waals surface area contributed by atoms with Crippen molar-refractivity contribution in [2.45, 2.75) is 6.92 Å². The van der Waals surface area contributed by atoms with Crippen LogP contribution in [0.25, 0.3) is 5.69 Å². The van der Waals surface area contributed by atoms with Gasteiger partial charge in [-0.2, -0.15) is 5.26 Å². The highest BCUT2D eigenvalue weighted by Crippen LogP contribution is 2.11. The van der Waals surface area contributed by atoms with Crippen molar-refractivity contribution in [2.24, 2.45) is 0 Å². The molecule has 2 heteroatoms. The number of benzene rings is 1. The molecule has 68 valence electrons. The van der Waals surface area contributed by atoms with E-state index in [1.807, 2.05) is 29.1 Å². The van der Waals surface area contributed by atoms with E-state index in [0.717, 1.165) is 5.69 Å². The van der Waals surface area contributed by atoms with Gasteiger partial charge in [0, 0.05) is 18.1 Å². The molecular weight excluding hydrogens is 172 g/mol. The summed E-state index contributed by atoms with van der Waals surface area (Å²) in [4.78, 5) is 0. The first-order valence-corrected chi connectivity index (χ1v) is 4.45. The van der Waals surface area contributed by atoms with Gasteiger partial charge in [0.05, 0.1) is 5.56 Å². The Morgan fingerprint density at radius 2 is 1.86 bits per heavy atom. The number of hydrogen-bond donors (Lipinski definition) is 0. The third kappa shape index (κ3) is 1.53. The molecule has 1 heterocycles. The van der Waals surface area contributed by atoms with Crippen LogP contribution in [0.3, 0.4) is 0 Å². The van der Waals surface area contributed by atoms with E-state index < -0.39 is 0 Å². The molecule has 1 aromatic heterocycles. The SMILES string of the molecule is Cc1ccc(-n2ccc(C#N)c2)cc1. The Hall–Kier alpha value is -2.01. The Bertz CT molecular complexity index is 472. The Morgan fingerprint density at radius 1 is 1.14 bits per heavy atom. The van der Waals surface area contributed by atoms with Gasteiger partial charge in [0.1, 0.15) is 6.07 Å². The summed E-state index contributed by atoms with van der Waals surface area (Å²) in [6, 6.07) is 12.1. The van der Waals surface area contributed by atoms with E-state index in [4.69, 9.17) is 5.26 Å². The first kappa shape index (κ1) is 8.58. The van der Waals surface area contributed by atoms with E-state index >= 15 is 0 Å². The van der Waals surface area contributed by atoms with E-state index in [2.05, 4.69) is 25.1 Å². The maximum atomic E-state index is 8.68. The van der Waals surface area contributed by atoms with E-state index in [0.29, 0.717) is 5.56 Å². The Labute approximate surface area is 83.0 Å². The summed E-state index contributed by atoms with van der Waals surface area (Å²) in [5.41, 5.74) is 3.00. The number of aryl methyl sites for hydroxylation is 1. The summed E-state index contributed by atoms with van der Waals surface area (Å²) in [5, 5.41) is 8.68. The highest BCUT2D eigenvalue weighted by atomic mass is 14.9. The van der Waals surface area contributed by atoms with Crippen molar-refractivity contribution in [3.8, 4) is 11.8 Å². The zero-order valence-corrected chi connectivity index (χ0v) is 7.94. The van der Waals surface area contributed by atoms with Gasteiger partial charge < -0.3 is 4.57 Å². The third-order valence-electron chi connectivity index (χ3n) is 2.15. The van der Waals surface area contributed by atoms with Crippen LogP contribution in [0.1, 0.15) is 11.1 Å². The summed E-state index contributed by atoms with van der Waals surface area (Å²) in [7, 11) is 0. The fraction of sp³-hybridized carbons (Fsp3) is 0.0833. The lowest BCUT2D eigenvalue weighted by molar-refractivity contribution is 1.08. The zero-order valence-electron chi connectivity index (χ0n) is 7.94. The van der Waals surface area contributed by atoms with Gasteiger partial charge in [-0.3, -0.25) is 0 Å². The second kappa shape index (κ2) is 3.39. The highest BCUT2D eigenvalue weighted by Gasteiger charge is 1.97. The topological polar surface area (TPSA) is 28.7 Å². The molecule has 0 unspecified atom stereocenters. The zero-order chi connectivity index (χ0) is 9.97. The largest absolute Gasteiger partial charge is 0.323 e. The molecule has 0 spiro atoms. The van der Waals surface area contributed by atoms with Crippen molar-refractivity contribution in [1.82, 2.24) is 4.57 Å². The molecule has 0 aliphatic rings. The number of aromatic nitrogens is 1. The number of nitrogens with zero attached hydrogens (tertiary/aromatic N) is 2. The first-order chi connectivity index (χ1) is 6.79. The molecule has 1 aromatic carbocycles. The quantitative estimate of drug-likeness (QED) is 0.666. The fourth-order valence-electron chi connectivity index (χ4n) is 1.34. The van der Waals surface area contributed by atoms with Gasteiger partial charge in [0.15, 0.2) is 0 Å². The van der Waals surface area contributed by atoms with Crippen LogP contribution in [0.5, 0.6) is 0 Å². The lowest BCUT2D eigenvalue weighted by Crippen LogP contribution is -1.88. The van der Waals surface area contributed by atoms with Crippen molar-refractivity contribution < 1.29 is 0 Å². The summed E-state index contributed by atoms with van der Waals surface area (Å²) in [6.07, 6.45) is 3.72. The van der Waals surface area contributed by atoms with Crippen LogP contribution in [0.15, 0.2) is 42.7 Å². The minimum absolute atomic E-state index is 0.686. The highest BCUT2D eigenvalue weighted by molar-refractivity contribution is 5.38. The van der Waals surface area contributed by atoms with Crippen molar-refractivity contribution in [3.63, 3.8) is 0 Å². The fourth-order valence-corrected chi connectivity index (χ4v) is 1.34. The average Bonchev–Trinajstić information content (AvgIpc) is 2.67. The molecule has 0 aliphatic heterocycles. The number of nitriles is 1. The normalized spacial score (nSPS) is 9.71. The molecule has 0 aliphatic carbocycles. The van der Waals surface area contributed by atoms with Crippen LogP contribution in [-0.4, -0.2) is 4.57 Å². The van der Waals surface area contributed by atoms with Crippen molar-refractivity contribution in [2.75, 3.05) is 0 Å². The molecule has 0 saturated carbocycles. The summed E-state index contributed by atoms with van der Waals surface area (Å²) in [6.45, 7) is 2.06. The lowest BCUT2D eigenvalue weighted by Gasteiger charge is -2.01. The van der Waals surface area contributed by atoms with Crippen LogP contribution in [0.4, 0.5) is 0 Å². The number of hydrogen-bond acceptors (Lipinski definition) is 1. The monoisotopic (exact) mass is 182 g/mol. The molecule has 0 amide bonds. The minimum atomic E-state index is 0.686. The Morgan fingerprint density at radius 3 is 2.43 bits per heavy atom. The van der Waals surface area contributed by atoms with Crippen LogP contribution in [0.2, 0.25) is 0 Å². The molecule has 14 heavy (non-hydrogen) atoms. The average molecular weight is 182 g/mol. The van der Waals surface area contributed by atoms with Gasteiger partial charge in [0.2, 0.25) is 0 Å². The van der Waals surface area contributed by atoms with E-state index in [9.17, 15) is 0 Å². The molecule has 0 saturated heterocycles. The van der Waals surface area contributed by atoms with Gasteiger partial charge in [0.25, 0.3) is 0 Å². The molecular formula is C12H10N2. The Balaban J connectivity index is 2.40. The van der Waals surface area contributed by atoms with Crippen LogP contribution in [0, 0.1) is 18.3 Å². The first-order valence-electron chi connectivity index (χ1n) is 4.45. The molecule has 0 radical (unpaired) electrons. The molecule has 2 aromatic rings. The van der Waals surface area contributed by atoms with E-state index in [1.54, 1.807) is 6.07 Å². The molecule has 2 rings (SSSR count). The second-order valence-electron chi connectivity index (χ2n) is 3.25. The predicted molar refractivity (Wildman–Crippen MR) is 55.2 cm³/mol. The lowest BCUT2D eigenvalue weighted by atomic mass is 10.2. The van der Waals surface area contributed by atoms with Crippen molar-refractivity contribution in [3.05, 3.63) is 53.9 Å². The minimum Gasteiger partial charge on any atom is -0.323 e. The van der Waals surface area contributed by atoms with Gasteiger partial charge in [-0.25, -0.2) is 0 Å². The smallest absolute Gasteiger partial charge is 0.101 e. The molecule has 2 nitrogen and oxygen atoms in total. The van der Waals surface area contributed by atoms with Gasteiger partial charge >= 0.3 is 0 Å². The Kier molecular flexibility index (Phi) is 2.08. The molecule has 0 atom stereocenters. The van der Waals surface area contributed by atoms with Gasteiger partial charge in [-0.15, -0.1) is 0 Å². The second-order valence-corrected chi connectivity index (χ2v) is 3.25. The predicted octanol–water partition coefficient (Wildman–Crippen LogP) is 2.66. The third-order valence-corrected chi connectivity index (χ3v) is 2.15. The summed E-state index contributed by atoms with van der Waals surface area (Å²) < 4.78 is 1.94. The summed E-state index contributed by atoms with van der Waals surface area (Å²) in [5.74, 6) is 0. The number of rotatable bonds is 1. The maximum Gasteiger partial charge on any atom is 0.101 e. The molecule has 0 bridgehead atoms. The summed E-state index contributed by atoms with van der Waals surface area (Å²) >= 11 is 0. The molecule has 0 N–H and O–H groups in total. The van der Waals surface area contributed by atoms with E-state index in [1.165, 1.54) is 5.56 Å². The van der Waals surface area contributed by atoms with Crippen molar-refractivity contribution >= 4 is 0 Å². The van der Waals surface area contributed by atoms with Gasteiger partial charge in [-0.05, 0) is 25.1 Å². The van der Waals surface area contributed by atoms with Gasteiger partial charge in [-0.1, -0.05) is 17.7 Å². The maximum absolute atomic E-state index is 8.68. The van der Waals surface area contributed by atoms with E-state index in [-0.39, 0.29) is 0 Å². The van der Waals surface area contributed by atoms with Crippen molar-refractivity contribution in [1.29, 1.82) is 5.26 Å². The standard InChI is InChI=1S/C12H10N2/c1-10-2-4-12(5-3-10)14-7-6-11(8-13)9-14/h2-7,9H,1H3. The van der Waals surface area contributed by atoms with Crippen LogP contribution in [-0.2, 0) is 0 Å². The van der Waals surface area contributed by atoms with Crippen LogP contribution < -0.4 is 0 Å².